The number of furan rings is 1. The largest absolute Gasteiger partial charge is 0.494 e. The van der Waals surface area contributed by atoms with Gasteiger partial charge in [-0.2, -0.15) is 0 Å². The van der Waals surface area contributed by atoms with Crippen LogP contribution in [0.25, 0.3) is 21.9 Å². The lowest BCUT2D eigenvalue weighted by atomic mass is 10.1. The number of benzene rings is 2. The maximum Gasteiger partial charge on any atom is 0.135 e. The van der Waals surface area contributed by atoms with Crippen molar-refractivity contribution in [3.63, 3.8) is 0 Å². The molecule has 0 saturated heterocycles. The summed E-state index contributed by atoms with van der Waals surface area (Å²) in [5.74, 6) is 0.919. The normalized spacial score (nSPS) is 11.2. The highest BCUT2D eigenvalue weighted by molar-refractivity contribution is 9.09. The van der Waals surface area contributed by atoms with Crippen LogP contribution in [0.1, 0.15) is 19.3 Å². The van der Waals surface area contributed by atoms with Gasteiger partial charge in [-0.15, -0.1) is 0 Å². The van der Waals surface area contributed by atoms with E-state index in [1.54, 1.807) is 0 Å². The monoisotopic (exact) mass is 332 g/mol. The van der Waals surface area contributed by atoms with E-state index in [0.717, 1.165) is 46.0 Å². The molecule has 0 saturated carbocycles. The van der Waals surface area contributed by atoms with Crippen LogP contribution in [0, 0.1) is 0 Å². The van der Waals surface area contributed by atoms with Crippen molar-refractivity contribution in [2.24, 2.45) is 0 Å². The fourth-order valence-electron chi connectivity index (χ4n) is 2.36. The average molecular weight is 333 g/mol. The molecule has 20 heavy (non-hydrogen) atoms. The molecule has 0 amide bonds. The second-order valence-corrected chi connectivity index (χ2v) is 5.65. The minimum atomic E-state index is 0.772. The van der Waals surface area contributed by atoms with Crippen LogP contribution in [-0.2, 0) is 0 Å². The van der Waals surface area contributed by atoms with Gasteiger partial charge in [-0.25, -0.2) is 0 Å². The number of hydrogen-bond donors (Lipinski definition) is 0. The first-order chi connectivity index (χ1) is 9.88. The van der Waals surface area contributed by atoms with Crippen molar-refractivity contribution >= 4 is 37.9 Å². The zero-order valence-electron chi connectivity index (χ0n) is 11.3. The van der Waals surface area contributed by atoms with Crippen LogP contribution in [0.5, 0.6) is 5.75 Å². The van der Waals surface area contributed by atoms with Gasteiger partial charge in [0.2, 0.25) is 0 Å². The van der Waals surface area contributed by atoms with E-state index in [1.165, 1.54) is 12.8 Å². The first-order valence-electron chi connectivity index (χ1n) is 6.98. The quantitative estimate of drug-likeness (QED) is 0.437. The Kier molecular flexibility index (Phi) is 4.26. The highest BCUT2D eigenvalue weighted by Gasteiger charge is 2.07. The molecule has 0 spiro atoms. The van der Waals surface area contributed by atoms with Gasteiger partial charge in [-0.05, 0) is 43.5 Å². The molecule has 0 aliphatic carbocycles. The molecule has 1 aromatic heterocycles. The SMILES string of the molecule is BrCCCCCOc1ccc2oc3ccccc3c2c1. The van der Waals surface area contributed by atoms with Crippen molar-refractivity contribution in [2.75, 3.05) is 11.9 Å². The van der Waals surface area contributed by atoms with Crippen LogP contribution in [0.2, 0.25) is 0 Å². The number of alkyl halides is 1. The molecule has 0 aliphatic heterocycles. The molecule has 0 fully saturated rings. The molecule has 2 nitrogen and oxygen atoms in total. The summed E-state index contributed by atoms with van der Waals surface area (Å²) in [5, 5.41) is 3.34. The molecule has 0 aliphatic rings. The summed E-state index contributed by atoms with van der Waals surface area (Å²) in [4.78, 5) is 0. The fraction of sp³-hybridized carbons (Fsp3) is 0.294. The van der Waals surface area contributed by atoms with Crippen LogP contribution in [0.15, 0.2) is 46.9 Å². The van der Waals surface area contributed by atoms with Gasteiger partial charge in [0.1, 0.15) is 16.9 Å². The first kappa shape index (κ1) is 13.5. The lowest BCUT2D eigenvalue weighted by Crippen LogP contribution is -1.97. The van der Waals surface area contributed by atoms with E-state index in [0.29, 0.717) is 0 Å². The topological polar surface area (TPSA) is 22.4 Å². The maximum atomic E-state index is 5.82. The number of unbranched alkanes of at least 4 members (excludes halogenated alkanes) is 2. The molecule has 1 heterocycles. The molecule has 0 bridgehead atoms. The Bertz CT molecular complexity index is 702. The summed E-state index contributed by atoms with van der Waals surface area (Å²) in [7, 11) is 0. The maximum absolute atomic E-state index is 5.82. The molecule has 0 atom stereocenters. The van der Waals surface area contributed by atoms with Gasteiger partial charge in [0.15, 0.2) is 0 Å². The molecule has 3 aromatic rings. The number of halogens is 1. The van der Waals surface area contributed by atoms with E-state index in [9.17, 15) is 0 Å². The van der Waals surface area contributed by atoms with E-state index >= 15 is 0 Å². The molecule has 3 rings (SSSR count). The zero-order valence-corrected chi connectivity index (χ0v) is 12.9. The second kappa shape index (κ2) is 6.31. The van der Waals surface area contributed by atoms with E-state index in [-0.39, 0.29) is 0 Å². The van der Waals surface area contributed by atoms with Crippen LogP contribution < -0.4 is 4.74 Å². The van der Waals surface area contributed by atoms with Crippen LogP contribution in [-0.4, -0.2) is 11.9 Å². The minimum Gasteiger partial charge on any atom is -0.494 e. The van der Waals surface area contributed by atoms with E-state index < -0.39 is 0 Å². The smallest absolute Gasteiger partial charge is 0.135 e. The van der Waals surface area contributed by atoms with Crippen molar-refractivity contribution in [1.82, 2.24) is 0 Å². The van der Waals surface area contributed by atoms with E-state index in [1.807, 2.05) is 30.3 Å². The van der Waals surface area contributed by atoms with Gasteiger partial charge in [-0.1, -0.05) is 34.1 Å². The second-order valence-electron chi connectivity index (χ2n) is 4.85. The van der Waals surface area contributed by atoms with Gasteiger partial charge in [-0.3, -0.25) is 0 Å². The van der Waals surface area contributed by atoms with E-state index in [2.05, 4.69) is 28.1 Å². The third kappa shape index (κ3) is 2.83. The molecule has 2 aromatic carbocycles. The van der Waals surface area contributed by atoms with E-state index in [4.69, 9.17) is 9.15 Å². The molecular weight excluding hydrogens is 316 g/mol. The summed E-state index contributed by atoms with van der Waals surface area (Å²) in [6, 6.07) is 14.2. The van der Waals surface area contributed by atoms with Crippen molar-refractivity contribution in [1.29, 1.82) is 0 Å². The highest BCUT2D eigenvalue weighted by atomic mass is 79.9. The Morgan fingerprint density at radius 1 is 0.900 bits per heavy atom. The van der Waals surface area contributed by atoms with Gasteiger partial charge in [0.05, 0.1) is 6.61 Å². The molecule has 0 N–H and O–H groups in total. The molecule has 0 unspecified atom stereocenters. The zero-order chi connectivity index (χ0) is 13.8. The van der Waals surface area contributed by atoms with Crippen molar-refractivity contribution < 1.29 is 9.15 Å². The average Bonchev–Trinajstić information content (AvgIpc) is 2.85. The number of rotatable bonds is 6. The Morgan fingerprint density at radius 3 is 2.65 bits per heavy atom. The van der Waals surface area contributed by atoms with Crippen molar-refractivity contribution in [2.45, 2.75) is 19.3 Å². The fourth-order valence-corrected chi connectivity index (χ4v) is 2.75. The summed E-state index contributed by atoms with van der Waals surface area (Å²) in [5.41, 5.74) is 1.84. The highest BCUT2D eigenvalue weighted by Crippen LogP contribution is 2.31. The summed E-state index contributed by atoms with van der Waals surface area (Å²) >= 11 is 3.44. The van der Waals surface area contributed by atoms with Gasteiger partial charge >= 0.3 is 0 Å². The minimum absolute atomic E-state index is 0.772. The standard InChI is InChI=1S/C17H17BrO2/c18-10-4-1-5-11-19-13-8-9-17-15(12-13)14-6-2-3-7-16(14)20-17/h2-3,6-9,12H,1,4-5,10-11H2. The van der Waals surface area contributed by atoms with Gasteiger partial charge in [0, 0.05) is 16.1 Å². The van der Waals surface area contributed by atoms with Crippen LogP contribution in [0.4, 0.5) is 0 Å². The third-order valence-corrected chi connectivity index (χ3v) is 3.96. The van der Waals surface area contributed by atoms with Crippen molar-refractivity contribution in [3.8, 4) is 5.75 Å². The first-order valence-corrected chi connectivity index (χ1v) is 8.11. The number of fused-ring (bicyclic) bond motifs is 3. The van der Waals surface area contributed by atoms with Crippen LogP contribution in [0.3, 0.4) is 0 Å². The Hall–Kier alpha value is -1.48. The predicted octanol–water partition coefficient (Wildman–Crippen LogP) is 5.53. The number of para-hydroxylation sites is 1. The van der Waals surface area contributed by atoms with Crippen molar-refractivity contribution in [3.05, 3.63) is 42.5 Å². The molecular formula is C17H17BrO2. The molecule has 0 radical (unpaired) electrons. The third-order valence-electron chi connectivity index (χ3n) is 3.39. The van der Waals surface area contributed by atoms with Crippen LogP contribution >= 0.6 is 15.9 Å². The Balaban J connectivity index is 1.77. The van der Waals surface area contributed by atoms with Gasteiger partial charge < -0.3 is 9.15 Å². The lowest BCUT2D eigenvalue weighted by molar-refractivity contribution is 0.307. The summed E-state index contributed by atoms with van der Waals surface area (Å²) < 4.78 is 11.6. The Morgan fingerprint density at radius 2 is 1.75 bits per heavy atom. The lowest BCUT2D eigenvalue weighted by Gasteiger charge is -2.05. The summed E-state index contributed by atoms with van der Waals surface area (Å²) in [6.45, 7) is 0.772. The Labute approximate surface area is 126 Å². The number of ether oxygens (including phenoxy) is 1. The summed E-state index contributed by atoms with van der Waals surface area (Å²) in [6.07, 6.45) is 3.49. The molecule has 104 valence electrons. The van der Waals surface area contributed by atoms with Gasteiger partial charge in [0.25, 0.3) is 0 Å². The predicted molar refractivity (Wildman–Crippen MR) is 86.9 cm³/mol. The molecule has 3 heteroatoms. The number of hydrogen-bond acceptors (Lipinski definition) is 2.